The van der Waals surface area contributed by atoms with Crippen LogP contribution in [0.4, 0.5) is 19.3 Å². The van der Waals surface area contributed by atoms with E-state index in [0.717, 1.165) is 25.1 Å². The fraction of sp³-hybridized carbons (Fsp3) is 0.526. The number of halogens is 3. The number of rotatable bonds is 4. The number of pyridine rings is 1. The number of hydrogen-bond donors (Lipinski definition) is 1. The number of aromatic nitrogens is 3. The van der Waals surface area contributed by atoms with Crippen LogP contribution in [-0.2, 0) is 4.74 Å². The van der Waals surface area contributed by atoms with E-state index in [1.54, 1.807) is 12.3 Å². The molecule has 0 unspecified atom stereocenters. The van der Waals surface area contributed by atoms with Gasteiger partial charge >= 0.3 is 12.6 Å². The Morgan fingerprint density at radius 3 is 2.79 bits per heavy atom. The van der Waals surface area contributed by atoms with Crippen molar-refractivity contribution in [2.45, 2.75) is 51.8 Å². The predicted molar refractivity (Wildman–Crippen MR) is 106 cm³/mol. The van der Waals surface area contributed by atoms with Gasteiger partial charge in [-0.25, -0.2) is 14.5 Å². The molecule has 7 nitrogen and oxygen atoms in total. The highest BCUT2D eigenvalue weighted by Crippen LogP contribution is 2.34. The summed E-state index contributed by atoms with van der Waals surface area (Å²) < 4.78 is 31.7. The summed E-state index contributed by atoms with van der Waals surface area (Å²) >= 11 is 6.10. The van der Waals surface area contributed by atoms with Crippen LogP contribution < -0.4 is 10.2 Å². The van der Waals surface area contributed by atoms with Crippen LogP contribution in [0.3, 0.4) is 0 Å². The van der Waals surface area contributed by atoms with Crippen LogP contribution in [0.25, 0.3) is 11.1 Å². The fourth-order valence-corrected chi connectivity index (χ4v) is 3.43. The average Bonchev–Trinajstić information content (AvgIpc) is 3.10. The maximum absolute atomic E-state index is 12.9. The number of amides is 1. The van der Waals surface area contributed by atoms with Crippen LogP contribution in [0.5, 0.6) is 0 Å². The van der Waals surface area contributed by atoms with Gasteiger partial charge in [-0.15, -0.1) is 0 Å². The van der Waals surface area contributed by atoms with Crippen molar-refractivity contribution in [1.82, 2.24) is 20.1 Å². The zero-order valence-corrected chi connectivity index (χ0v) is 17.3. The molecule has 1 amide bonds. The lowest BCUT2D eigenvalue weighted by molar-refractivity contribution is 0.0499. The van der Waals surface area contributed by atoms with E-state index < -0.39 is 18.2 Å². The van der Waals surface area contributed by atoms with E-state index >= 15 is 0 Å². The van der Waals surface area contributed by atoms with Crippen molar-refractivity contribution in [1.29, 1.82) is 0 Å². The zero-order chi connectivity index (χ0) is 21.2. The van der Waals surface area contributed by atoms with Gasteiger partial charge in [0.25, 0.3) is 0 Å². The topological polar surface area (TPSA) is 72.3 Å². The molecule has 0 saturated carbocycles. The zero-order valence-electron chi connectivity index (χ0n) is 16.5. The molecule has 0 bridgehead atoms. The summed E-state index contributed by atoms with van der Waals surface area (Å²) in [7, 11) is 0. The molecule has 1 atom stereocenters. The molecule has 158 valence electrons. The molecule has 1 fully saturated rings. The summed E-state index contributed by atoms with van der Waals surface area (Å²) in [5.41, 5.74) is 1.36. The molecule has 0 spiro atoms. The molecule has 2 aromatic rings. The first-order valence-electron chi connectivity index (χ1n) is 9.35. The predicted octanol–water partition coefficient (Wildman–Crippen LogP) is 4.49. The summed E-state index contributed by atoms with van der Waals surface area (Å²) in [5, 5.41) is 6.90. The van der Waals surface area contributed by atoms with E-state index in [1.807, 2.05) is 20.8 Å². The summed E-state index contributed by atoms with van der Waals surface area (Å²) in [6.07, 6.45) is 5.40. The quantitative estimate of drug-likeness (QED) is 0.728. The first kappa shape index (κ1) is 21.3. The third kappa shape index (κ3) is 5.56. The Kier molecular flexibility index (Phi) is 6.26. The van der Waals surface area contributed by atoms with Gasteiger partial charge in [-0.05, 0) is 39.7 Å². The Morgan fingerprint density at radius 1 is 1.38 bits per heavy atom. The number of nitrogens with zero attached hydrogens (tertiary/aromatic N) is 4. The number of ether oxygens (including phenoxy) is 1. The summed E-state index contributed by atoms with van der Waals surface area (Å²) in [4.78, 5) is 18.3. The number of hydrogen-bond acceptors (Lipinski definition) is 5. The molecule has 1 aliphatic heterocycles. The number of piperidine rings is 1. The molecule has 1 N–H and O–H groups in total. The minimum Gasteiger partial charge on any atom is -0.444 e. The molecule has 3 heterocycles. The lowest BCUT2D eigenvalue weighted by atomic mass is 10.0. The van der Waals surface area contributed by atoms with Gasteiger partial charge in [-0.3, -0.25) is 0 Å². The number of anilines is 1. The normalized spacial score (nSPS) is 17.5. The Balaban J connectivity index is 1.80. The number of carbonyl (C=O) groups excluding carboxylic acids is 1. The average molecular weight is 428 g/mol. The van der Waals surface area contributed by atoms with Crippen LogP contribution in [-0.4, -0.2) is 45.6 Å². The number of alkyl halides is 2. The van der Waals surface area contributed by atoms with Crippen molar-refractivity contribution in [3.8, 4) is 11.1 Å². The van der Waals surface area contributed by atoms with Crippen molar-refractivity contribution in [3.63, 3.8) is 0 Å². The largest absolute Gasteiger partial charge is 0.444 e. The maximum Gasteiger partial charge on any atom is 0.407 e. The summed E-state index contributed by atoms with van der Waals surface area (Å²) in [5.74, 6) is 0. The van der Waals surface area contributed by atoms with Gasteiger partial charge in [0.2, 0.25) is 0 Å². The highest BCUT2D eigenvalue weighted by molar-refractivity contribution is 6.29. The van der Waals surface area contributed by atoms with Crippen LogP contribution in [0.1, 0.15) is 40.2 Å². The lowest BCUT2D eigenvalue weighted by Gasteiger charge is -2.36. The second-order valence-electron chi connectivity index (χ2n) is 7.94. The molecule has 0 aromatic carbocycles. The summed E-state index contributed by atoms with van der Waals surface area (Å²) in [6.45, 7) is 3.99. The van der Waals surface area contributed by atoms with Crippen molar-refractivity contribution in [2.75, 3.05) is 18.0 Å². The first-order chi connectivity index (χ1) is 13.6. The minimum atomic E-state index is -2.72. The lowest BCUT2D eigenvalue weighted by Crippen LogP contribution is -2.49. The van der Waals surface area contributed by atoms with Gasteiger partial charge < -0.3 is 15.0 Å². The first-order valence-corrected chi connectivity index (χ1v) is 9.73. The number of carbonyl (C=O) groups is 1. The fourth-order valence-electron chi connectivity index (χ4n) is 3.28. The van der Waals surface area contributed by atoms with Crippen LogP contribution in [0, 0.1) is 0 Å². The van der Waals surface area contributed by atoms with Gasteiger partial charge in [0, 0.05) is 48.3 Å². The van der Waals surface area contributed by atoms with Gasteiger partial charge in [0.05, 0.1) is 6.20 Å². The van der Waals surface area contributed by atoms with Gasteiger partial charge in [-0.2, -0.15) is 13.9 Å². The van der Waals surface area contributed by atoms with Crippen LogP contribution in [0.15, 0.2) is 24.7 Å². The van der Waals surface area contributed by atoms with Gasteiger partial charge in [0.1, 0.15) is 10.8 Å². The second kappa shape index (κ2) is 8.52. The Bertz CT molecular complexity index is 869. The number of alkyl carbamates (subject to hydrolysis) is 1. The Hall–Kier alpha value is -2.42. The maximum atomic E-state index is 12.9. The highest BCUT2D eigenvalue weighted by atomic mass is 35.5. The third-order valence-electron chi connectivity index (χ3n) is 4.44. The van der Waals surface area contributed by atoms with E-state index in [4.69, 9.17) is 16.3 Å². The van der Waals surface area contributed by atoms with Crippen molar-refractivity contribution in [2.24, 2.45) is 0 Å². The van der Waals surface area contributed by atoms with Gasteiger partial charge in [-0.1, -0.05) is 11.6 Å². The third-order valence-corrected chi connectivity index (χ3v) is 4.65. The summed E-state index contributed by atoms with van der Waals surface area (Å²) in [6, 6.07) is 1.59. The van der Waals surface area contributed by atoms with Crippen molar-refractivity contribution in [3.05, 3.63) is 29.8 Å². The molecule has 1 saturated heterocycles. The molecule has 1 aliphatic rings. The van der Waals surface area contributed by atoms with Gasteiger partial charge in [0.15, 0.2) is 0 Å². The SMILES string of the molecule is CC(C)(C)OC(=O)N[C@H]1CCCN(c2cc(Cl)ncc2-c2cnn(C(F)F)c2)C1. The number of nitrogens with one attached hydrogen (secondary N) is 1. The monoisotopic (exact) mass is 427 g/mol. The molecule has 0 radical (unpaired) electrons. The second-order valence-corrected chi connectivity index (χ2v) is 8.33. The van der Waals surface area contributed by atoms with E-state index in [0.29, 0.717) is 27.5 Å². The molecule has 29 heavy (non-hydrogen) atoms. The Labute approximate surface area is 173 Å². The standard InChI is InChI=1S/C19H24ClF2N5O2/c1-19(2,3)29-18(28)25-13-5-4-6-26(11-13)15-7-16(20)23-9-14(15)12-8-24-27(10-12)17(21)22/h7-10,13,17H,4-6,11H2,1-3H3,(H,25,28)/t13-/m0/s1. The molecule has 10 heteroatoms. The van der Waals surface area contributed by atoms with Crippen LogP contribution >= 0.6 is 11.6 Å². The molecule has 2 aromatic heterocycles. The highest BCUT2D eigenvalue weighted by Gasteiger charge is 2.26. The molecule has 3 rings (SSSR count). The molecular formula is C19H24ClF2N5O2. The van der Waals surface area contributed by atoms with E-state index in [2.05, 4.69) is 20.3 Å². The van der Waals surface area contributed by atoms with E-state index in [1.165, 1.54) is 12.4 Å². The Morgan fingerprint density at radius 2 is 2.14 bits per heavy atom. The smallest absolute Gasteiger partial charge is 0.407 e. The minimum absolute atomic E-state index is 0.109. The van der Waals surface area contributed by atoms with E-state index in [-0.39, 0.29) is 6.04 Å². The van der Waals surface area contributed by atoms with E-state index in [9.17, 15) is 13.6 Å². The molecule has 0 aliphatic carbocycles. The molecular weight excluding hydrogens is 404 g/mol. The van der Waals surface area contributed by atoms with Crippen molar-refractivity contribution < 1.29 is 18.3 Å². The van der Waals surface area contributed by atoms with Crippen LogP contribution in [0.2, 0.25) is 5.15 Å². The van der Waals surface area contributed by atoms with Crippen molar-refractivity contribution >= 4 is 23.4 Å².